The van der Waals surface area contributed by atoms with Gasteiger partial charge in [-0.25, -0.2) is 0 Å². The predicted octanol–water partition coefficient (Wildman–Crippen LogP) is 4.54. The number of hydrogen-bond acceptors (Lipinski definition) is 3. The number of amides is 2. The van der Waals surface area contributed by atoms with Crippen LogP contribution in [0.25, 0.3) is 0 Å². The molecular formula is C22H29N3O2. The number of nitrogens with zero attached hydrogens (tertiary/aromatic N) is 1. The van der Waals surface area contributed by atoms with E-state index in [0.29, 0.717) is 23.9 Å². The second kappa shape index (κ2) is 9.31. The number of pyridine rings is 1. The lowest BCUT2D eigenvalue weighted by atomic mass is 9.98. The Morgan fingerprint density at radius 1 is 1.07 bits per heavy atom. The summed E-state index contributed by atoms with van der Waals surface area (Å²) >= 11 is 0. The number of nitrogens with one attached hydrogen (secondary N) is 2. The van der Waals surface area contributed by atoms with Crippen molar-refractivity contribution >= 4 is 17.5 Å². The smallest absolute Gasteiger partial charge is 0.269 e. The average Bonchev–Trinajstić information content (AvgIpc) is 2.62. The maximum atomic E-state index is 12.7. The van der Waals surface area contributed by atoms with Gasteiger partial charge < -0.3 is 10.6 Å². The van der Waals surface area contributed by atoms with Gasteiger partial charge in [-0.2, -0.15) is 0 Å². The number of hydrogen-bond donors (Lipinski definition) is 2. The number of benzene rings is 1. The molecule has 0 radical (unpaired) electrons. The second-order valence-corrected chi connectivity index (χ2v) is 7.52. The maximum absolute atomic E-state index is 12.7. The summed E-state index contributed by atoms with van der Waals surface area (Å²) < 4.78 is 0. The van der Waals surface area contributed by atoms with Crippen molar-refractivity contribution < 1.29 is 9.59 Å². The molecule has 5 heteroatoms. The van der Waals surface area contributed by atoms with E-state index in [4.69, 9.17) is 0 Å². The van der Waals surface area contributed by atoms with Gasteiger partial charge in [0, 0.05) is 24.0 Å². The van der Waals surface area contributed by atoms with Crippen LogP contribution in [0.15, 0.2) is 36.5 Å². The number of aromatic nitrogens is 1. The Hall–Kier alpha value is -2.69. The minimum Gasteiger partial charge on any atom is -0.351 e. The highest BCUT2D eigenvalue weighted by atomic mass is 16.2. The highest BCUT2D eigenvalue weighted by Crippen LogP contribution is 2.27. The first-order valence-corrected chi connectivity index (χ1v) is 9.44. The topological polar surface area (TPSA) is 71.1 Å². The second-order valence-electron chi connectivity index (χ2n) is 7.52. The third-order valence-electron chi connectivity index (χ3n) is 4.43. The third-order valence-corrected chi connectivity index (χ3v) is 4.43. The van der Waals surface area contributed by atoms with Crippen molar-refractivity contribution in [3.8, 4) is 0 Å². The van der Waals surface area contributed by atoms with Crippen molar-refractivity contribution in [3.05, 3.63) is 58.9 Å². The van der Waals surface area contributed by atoms with Gasteiger partial charge in [-0.05, 0) is 48.4 Å². The summed E-state index contributed by atoms with van der Waals surface area (Å²) in [7, 11) is 0. The van der Waals surface area contributed by atoms with Gasteiger partial charge in [0.15, 0.2) is 0 Å². The zero-order chi connectivity index (χ0) is 20.0. The molecule has 0 saturated heterocycles. The summed E-state index contributed by atoms with van der Waals surface area (Å²) in [5.74, 6) is 0.300. The van der Waals surface area contributed by atoms with Gasteiger partial charge in [0.1, 0.15) is 5.69 Å². The zero-order valence-corrected chi connectivity index (χ0v) is 16.8. The molecule has 0 aliphatic carbocycles. The Labute approximate surface area is 161 Å². The van der Waals surface area contributed by atoms with Gasteiger partial charge in [-0.1, -0.05) is 45.9 Å². The van der Waals surface area contributed by atoms with E-state index in [1.165, 1.54) is 12.3 Å². The third kappa shape index (κ3) is 5.64. The van der Waals surface area contributed by atoms with Crippen LogP contribution in [-0.2, 0) is 0 Å². The van der Waals surface area contributed by atoms with Gasteiger partial charge in [-0.3, -0.25) is 14.6 Å². The van der Waals surface area contributed by atoms with E-state index < -0.39 is 0 Å². The SMILES string of the molecule is Cc1cccc(C(C)C)c1NC(=O)c1ccnc(C(=O)NCCC(C)C)c1. The molecule has 2 rings (SSSR count). The molecule has 144 valence electrons. The molecular weight excluding hydrogens is 338 g/mol. The molecule has 0 atom stereocenters. The van der Waals surface area contributed by atoms with E-state index in [0.717, 1.165) is 23.2 Å². The Morgan fingerprint density at radius 2 is 1.81 bits per heavy atom. The van der Waals surface area contributed by atoms with Crippen LogP contribution in [-0.4, -0.2) is 23.3 Å². The Balaban J connectivity index is 2.15. The van der Waals surface area contributed by atoms with E-state index in [2.05, 4.69) is 43.3 Å². The first kappa shape index (κ1) is 20.6. The van der Waals surface area contributed by atoms with Crippen LogP contribution in [0, 0.1) is 12.8 Å². The van der Waals surface area contributed by atoms with E-state index in [1.807, 2.05) is 25.1 Å². The lowest BCUT2D eigenvalue weighted by molar-refractivity contribution is 0.0947. The molecule has 2 aromatic rings. The highest BCUT2D eigenvalue weighted by molar-refractivity contribution is 6.06. The monoisotopic (exact) mass is 367 g/mol. The molecule has 0 spiro atoms. The number of para-hydroxylation sites is 1. The van der Waals surface area contributed by atoms with E-state index in [1.54, 1.807) is 6.07 Å². The van der Waals surface area contributed by atoms with E-state index >= 15 is 0 Å². The molecule has 2 N–H and O–H groups in total. The quantitative estimate of drug-likeness (QED) is 0.754. The first-order chi connectivity index (χ1) is 12.8. The molecule has 0 aliphatic heterocycles. The number of anilines is 1. The lowest BCUT2D eigenvalue weighted by Crippen LogP contribution is -2.26. The Morgan fingerprint density at radius 3 is 2.48 bits per heavy atom. The summed E-state index contributed by atoms with van der Waals surface area (Å²) in [6, 6.07) is 9.14. The Bertz CT molecular complexity index is 813. The van der Waals surface area contributed by atoms with Gasteiger partial charge >= 0.3 is 0 Å². The fourth-order valence-corrected chi connectivity index (χ4v) is 2.79. The fourth-order valence-electron chi connectivity index (χ4n) is 2.79. The minimum absolute atomic E-state index is 0.246. The van der Waals surface area contributed by atoms with Crippen LogP contribution in [0.2, 0.25) is 0 Å². The van der Waals surface area contributed by atoms with Crippen LogP contribution in [0.1, 0.15) is 72.0 Å². The molecule has 1 aromatic carbocycles. The maximum Gasteiger partial charge on any atom is 0.269 e. The number of carbonyl (C=O) groups is 2. The average molecular weight is 367 g/mol. The first-order valence-electron chi connectivity index (χ1n) is 9.44. The fraction of sp³-hybridized carbons (Fsp3) is 0.409. The molecule has 0 saturated carbocycles. The van der Waals surface area contributed by atoms with Crippen molar-refractivity contribution in [2.24, 2.45) is 5.92 Å². The number of carbonyl (C=O) groups excluding carboxylic acids is 2. The van der Waals surface area contributed by atoms with E-state index in [-0.39, 0.29) is 17.5 Å². The Kier molecular flexibility index (Phi) is 7.11. The number of aryl methyl sites for hydroxylation is 1. The van der Waals surface area contributed by atoms with Crippen LogP contribution in [0.3, 0.4) is 0 Å². The van der Waals surface area contributed by atoms with Crippen molar-refractivity contribution in [2.75, 3.05) is 11.9 Å². The largest absolute Gasteiger partial charge is 0.351 e. The summed E-state index contributed by atoms with van der Waals surface area (Å²) in [4.78, 5) is 29.1. The van der Waals surface area contributed by atoms with E-state index in [9.17, 15) is 9.59 Å². The van der Waals surface area contributed by atoms with Crippen LogP contribution in [0.4, 0.5) is 5.69 Å². The van der Waals surface area contributed by atoms with Crippen molar-refractivity contribution in [2.45, 2.75) is 47.0 Å². The summed E-state index contributed by atoms with van der Waals surface area (Å²) in [6.45, 7) is 11.0. The molecule has 0 aliphatic rings. The van der Waals surface area contributed by atoms with Gasteiger partial charge in [0.25, 0.3) is 11.8 Å². The zero-order valence-electron chi connectivity index (χ0n) is 16.8. The van der Waals surface area contributed by atoms with Crippen molar-refractivity contribution in [1.29, 1.82) is 0 Å². The molecule has 1 aromatic heterocycles. The summed E-state index contributed by atoms with van der Waals surface area (Å²) in [5, 5.41) is 5.85. The van der Waals surface area contributed by atoms with Gasteiger partial charge in [-0.15, -0.1) is 0 Å². The lowest BCUT2D eigenvalue weighted by Gasteiger charge is -2.16. The van der Waals surface area contributed by atoms with Crippen LogP contribution in [0.5, 0.6) is 0 Å². The van der Waals surface area contributed by atoms with Gasteiger partial charge in [0.2, 0.25) is 0 Å². The van der Waals surface area contributed by atoms with Crippen LogP contribution < -0.4 is 10.6 Å². The van der Waals surface area contributed by atoms with Crippen LogP contribution >= 0.6 is 0 Å². The minimum atomic E-state index is -0.260. The molecule has 0 fully saturated rings. The van der Waals surface area contributed by atoms with Crippen molar-refractivity contribution in [1.82, 2.24) is 10.3 Å². The summed E-state index contributed by atoms with van der Waals surface area (Å²) in [6.07, 6.45) is 2.39. The number of rotatable bonds is 7. The normalized spacial score (nSPS) is 10.9. The summed E-state index contributed by atoms with van der Waals surface area (Å²) in [5.41, 5.74) is 3.59. The molecule has 0 bridgehead atoms. The molecule has 2 amide bonds. The molecule has 5 nitrogen and oxygen atoms in total. The van der Waals surface area contributed by atoms with Crippen molar-refractivity contribution in [3.63, 3.8) is 0 Å². The molecule has 0 unspecified atom stereocenters. The standard InChI is InChI=1S/C22H29N3O2/c1-14(2)9-11-24-22(27)19-13-17(10-12-23-19)21(26)25-20-16(5)7-6-8-18(20)15(3)4/h6-8,10,12-15H,9,11H2,1-5H3,(H,24,27)(H,25,26). The predicted molar refractivity (Wildman–Crippen MR) is 109 cm³/mol. The molecule has 1 heterocycles. The van der Waals surface area contributed by atoms with Gasteiger partial charge in [0.05, 0.1) is 0 Å². The molecule has 27 heavy (non-hydrogen) atoms. The highest BCUT2D eigenvalue weighted by Gasteiger charge is 2.15.